The van der Waals surface area contributed by atoms with Crippen LogP contribution in [0.4, 0.5) is 0 Å². The summed E-state index contributed by atoms with van der Waals surface area (Å²) in [5.74, 6) is 0.692. The van der Waals surface area contributed by atoms with Crippen LogP contribution in [-0.4, -0.2) is 60.9 Å². The van der Waals surface area contributed by atoms with Gasteiger partial charge in [-0.2, -0.15) is 0 Å². The monoisotopic (exact) mass is 381 g/mol. The molecule has 0 saturated carbocycles. The van der Waals surface area contributed by atoms with Crippen LogP contribution >= 0.6 is 11.6 Å². The van der Waals surface area contributed by atoms with E-state index in [1.807, 2.05) is 36.9 Å². The quantitative estimate of drug-likeness (QED) is 0.820. The lowest BCUT2D eigenvalue weighted by molar-refractivity contribution is -0.138. The molecule has 1 aromatic rings. The minimum absolute atomic E-state index is 0.00446. The fourth-order valence-corrected chi connectivity index (χ4v) is 3.36. The van der Waals surface area contributed by atoms with Crippen LogP contribution in [0.15, 0.2) is 18.2 Å². The molecule has 1 unspecified atom stereocenters. The third kappa shape index (κ3) is 5.35. The highest BCUT2D eigenvalue weighted by Crippen LogP contribution is 2.24. The van der Waals surface area contributed by atoms with Crippen molar-refractivity contribution in [1.82, 2.24) is 15.1 Å². The van der Waals surface area contributed by atoms with Crippen LogP contribution in [0.2, 0.25) is 5.02 Å². The average Bonchev–Trinajstić information content (AvgIpc) is 2.59. The van der Waals surface area contributed by atoms with Gasteiger partial charge in [0, 0.05) is 50.2 Å². The molecule has 0 aliphatic carbocycles. The molecule has 1 aliphatic rings. The summed E-state index contributed by atoms with van der Waals surface area (Å²) in [5.41, 5.74) is 1.04. The fourth-order valence-electron chi connectivity index (χ4n) is 3.17. The van der Waals surface area contributed by atoms with Gasteiger partial charge in [0.15, 0.2) is 0 Å². The Morgan fingerprint density at radius 2 is 1.88 bits per heavy atom. The molecule has 7 heteroatoms. The maximum absolute atomic E-state index is 12.7. The maximum Gasteiger partial charge on any atom is 0.245 e. The van der Waals surface area contributed by atoms with Gasteiger partial charge in [-0.25, -0.2) is 0 Å². The Hall–Kier alpha value is -1.79. The van der Waals surface area contributed by atoms with Crippen molar-refractivity contribution < 1.29 is 14.3 Å². The first-order valence-corrected chi connectivity index (χ1v) is 9.30. The van der Waals surface area contributed by atoms with Gasteiger partial charge in [0.1, 0.15) is 11.8 Å². The van der Waals surface area contributed by atoms with E-state index in [9.17, 15) is 9.59 Å². The van der Waals surface area contributed by atoms with Gasteiger partial charge in [-0.15, -0.1) is 0 Å². The molecule has 1 saturated heterocycles. The van der Waals surface area contributed by atoms with Crippen LogP contribution in [0.1, 0.15) is 26.3 Å². The van der Waals surface area contributed by atoms with Crippen molar-refractivity contribution in [3.05, 3.63) is 28.8 Å². The van der Waals surface area contributed by atoms with Gasteiger partial charge < -0.3 is 15.0 Å². The lowest BCUT2D eigenvalue weighted by atomic mass is 10.0. The van der Waals surface area contributed by atoms with Gasteiger partial charge in [-0.1, -0.05) is 25.4 Å². The molecule has 2 amide bonds. The van der Waals surface area contributed by atoms with Crippen molar-refractivity contribution in [3.63, 3.8) is 0 Å². The molecular weight excluding hydrogens is 354 g/mol. The number of nitrogens with zero attached hydrogens (tertiary/aromatic N) is 2. The van der Waals surface area contributed by atoms with Crippen LogP contribution in [0.5, 0.6) is 5.75 Å². The summed E-state index contributed by atoms with van der Waals surface area (Å²) in [6.07, 6.45) is 0. The van der Waals surface area contributed by atoms with Crippen molar-refractivity contribution in [2.45, 2.75) is 33.4 Å². The minimum Gasteiger partial charge on any atom is -0.496 e. The molecular formula is C19H28ClN3O3. The van der Waals surface area contributed by atoms with E-state index >= 15 is 0 Å². The van der Waals surface area contributed by atoms with Crippen LogP contribution in [0.25, 0.3) is 0 Å². The molecule has 2 rings (SSSR count). The molecule has 6 nitrogen and oxygen atoms in total. The van der Waals surface area contributed by atoms with E-state index < -0.39 is 6.04 Å². The Kier molecular flexibility index (Phi) is 7.29. The summed E-state index contributed by atoms with van der Waals surface area (Å²) in [6.45, 7) is 8.89. The molecule has 1 aromatic carbocycles. The fraction of sp³-hybridized carbons (Fsp3) is 0.579. The number of piperazine rings is 1. The Morgan fingerprint density at radius 3 is 2.42 bits per heavy atom. The van der Waals surface area contributed by atoms with Crippen molar-refractivity contribution in [2.75, 3.05) is 33.3 Å². The molecule has 1 fully saturated rings. The standard InChI is InChI=1S/C19H28ClN3O3/c1-13(2)18(21-14(3)24)19(25)23-9-7-22(8-10-23)12-15-11-16(20)5-6-17(15)26-4/h5-6,11,13,18H,7-10,12H2,1-4H3,(H,21,24). The number of hydrogen-bond donors (Lipinski definition) is 1. The van der Waals surface area contributed by atoms with Crippen LogP contribution in [0.3, 0.4) is 0 Å². The van der Waals surface area contributed by atoms with Crippen LogP contribution < -0.4 is 10.1 Å². The molecule has 26 heavy (non-hydrogen) atoms. The van der Waals surface area contributed by atoms with E-state index in [4.69, 9.17) is 16.3 Å². The van der Waals surface area contributed by atoms with Gasteiger partial charge >= 0.3 is 0 Å². The Morgan fingerprint density at radius 1 is 1.23 bits per heavy atom. The molecule has 0 radical (unpaired) electrons. The summed E-state index contributed by atoms with van der Waals surface area (Å²) in [5, 5.41) is 3.46. The first kappa shape index (κ1) is 20.5. The zero-order valence-electron chi connectivity index (χ0n) is 15.9. The molecule has 0 bridgehead atoms. The number of methoxy groups -OCH3 is 1. The van der Waals surface area contributed by atoms with Crippen LogP contribution in [0, 0.1) is 5.92 Å². The van der Waals surface area contributed by atoms with Crippen molar-refractivity contribution in [1.29, 1.82) is 0 Å². The van der Waals surface area contributed by atoms with Gasteiger partial charge in [0.05, 0.1) is 7.11 Å². The van der Waals surface area contributed by atoms with E-state index in [0.29, 0.717) is 18.1 Å². The van der Waals surface area contributed by atoms with E-state index in [2.05, 4.69) is 10.2 Å². The SMILES string of the molecule is COc1ccc(Cl)cc1CN1CCN(C(=O)C(NC(C)=O)C(C)C)CC1. The third-order valence-electron chi connectivity index (χ3n) is 4.61. The molecule has 1 heterocycles. The summed E-state index contributed by atoms with van der Waals surface area (Å²) < 4.78 is 5.41. The number of amides is 2. The van der Waals surface area contributed by atoms with Crippen LogP contribution in [-0.2, 0) is 16.1 Å². The van der Waals surface area contributed by atoms with Gasteiger partial charge in [0.2, 0.25) is 11.8 Å². The number of hydrogen-bond acceptors (Lipinski definition) is 4. The van der Waals surface area contributed by atoms with Gasteiger partial charge in [-0.05, 0) is 24.1 Å². The Balaban J connectivity index is 1.95. The molecule has 144 valence electrons. The number of halogens is 1. The first-order chi connectivity index (χ1) is 12.3. The topological polar surface area (TPSA) is 61.9 Å². The molecule has 1 aliphatic heterocycles. The average molecular weight is 382 g/mol. The summed E-state index contributed by atoms with van der Waals surface area (Å²) in [6, 6.07) is 5.14. The smallest absolute Gasteiger partial charge is 0.245 e. The highest BCUT2D eigenvalue weighted by molar-refractivity contribution is 6.30. The largest absolute Gasteiger partial charge is 0.496 e. The van der Waals surface area contributed by atoms with Crippen molar-refractivity contribution in [3.8, 4) is 5.75 Å². The number of carbonyl (C=O) groups is 2. The summed E-state index contributed by atoms with van der Waals surface area (Å²) in [7, 11) is 1.65. The number of carbonyl (C=O) groups excluding carboxylic acids is 2. The van der Waals surface area contributed by atoms with E-state index in [1.165, 1.54) is 6.92 Å². The van der Waals surface area contributed by atoms with Gasteiger partial charge in [-0.3, -0.25) is 14.5 Å². The van der Waals surface area contributed by atoms with Crippen molar-refractivity contribution in [2.24, 2.45) is 5.92 Å². The second-order valence-corrected chi connectivity index (χ2v) is 7.42. The lowest BCUT2D eigenvalue weighted by Gasteiger charge is -2.37. The number of ether oxygens (including phenoxy) is 1. The second-order valence-electron chi connectivity index (χ2n) is 6.98. The summed E-state index contributed by atoms with van der Waals surface area (Å²) in [4.78, 5) is 28.2. The lowest BCUT2D eigenvalue weighted by Crippen LogP contribution is -2.56. The summed E-state index contributed by atoms with van der Waals surface area (Å²) >= 11 is 6.10. The second kappa shape index (κ2) is 9.24. The molecule has 0 aromatic heterocycles. The number of nitrogens with one attached hydrogen (secondary N) is 1. The first-order valence-electron chi connectivity index (χ1n) is 8.92. The van der Waals surface area contributed by atoms with Crippen molar-refractivity contribution >= 4 is 23.4 Å². The number of rotatable bonds is 6. The predicted octanol–water partition coefficient (Wildman–Crippen LogP) is 2.15. The molecule has 0 spiro atoms. The van der Waals surface area contributed by atoms with Gasteiger partial charge in [0.25, 0.3) is 0 Å². The molecule has 1 N–H and O–H groups in total. The highest BCUT2D eigenvalue weighted by atomic mass is 35.5. The normalized spacial score (nSPS) is 16.5. The Bertz CT molecular complexity index is 643. The Labute approximate surface area is 160 Å². The van der Waals surface area contributed by atoms with E-state index in [-0.39, 0.29) is 17.7 Å². The minimum atomic E-state index is -0.466. The highest BCUT2D eigenvalue weighted by Gasteiger charge is 2.30. The number of benzene rings is 1. The predicted molar refractivity (Wildman–Crippen MR) is 102 cm³/mol. The van der Waals surface area contributed by atoms with E-state index in [0.717, 1.165) is 30.9 Å². The maximum atomic E-state index is 12.7. The third-order valence-corrected chi connectivity index (χ3v) is 4.85. The zero-order chi connectivity index (χ0) is 19.3. The zero-order valence-corrected chi connectivity index (χ0v) is 16.7. The molecule has 1 atom stereocenters. The van der Waals surface area contributed by atoms with E-state index in [1.54, 1.807) is 7.11 Å².